The summed E-state index contributed by atoms with van der Waals surface area (Å²) in [6, 6.07) is 19.2. The third-order valence-electron chi connectivity index (χ3n) is 4.29. The zero-order chi connectivity index (χ0) is 19.4. The molecule has 1 fully saturated rings. The predicted molar refractivity (Wildman–Crippen MR) is 107 cm³/mol. The Morgan fingerprint density at radius 3 is 2.44 bits per heavy atom. The monoisotopic (exact) mass is 377 g/mol. The van der Waals surface area contributed by atoms with E-state index in [0.717, 1.165) is 11.1 Å². The number of amides is 2. The van der Waals surface area contributed by atoms with Crippen molar-refractivity contribution >= 4 is 29.3 Å². The van der Waals surface area contributed by atoms with Gasteiger partial charge < -0.3 is 5.32 Å². The Kier molecular flexibility index (Phi) is 5.63. The summed E-state index contributed by atoms with van der Waals surface area (Å²) in [5.41, 5.74) is 2.70. The predicted octanol–water partition coefficient (Wildman–Crippen LogP) is 3.17. The Hall–Kier alpha value is -3.04. The van der Waals surface area contributed by atoms with Crippen molar-refractivity contribution in [1.82, 2.24) is 5.32 Å². The van der Waals surface area contributed by atoms with E-state index in [1.807, 2.05) is 67.6 Å². The van der Waals surface area contributed by atoms with Crippen molar-refractivity contribution in [1.29, 1.82) is 5.26 Å². The van der Waals surface area contributed by atoms with E-state index in [1.165, 1.54) is 23.7 Å². The van der Waals surface area contributed by atoms with Gasteiger partial charge in [-0.3, -0.25) is 14.5 Å². The molecule has 1 N–H and O–H groups in total. The molecule has 0 aromatic heterocycles. The molecule has 0 bridgehead atoms. The van der Waals surface area contributed by atoms with Gasteiger partial charge in [-0.15, -0.1) is 0 Å². The van der Waals surface area contributed by atoms with Crippen LogP contribution in [-0.2, 0) is 16.0 Å². The van der Waals surface area contributed by atoms with Crippen molar-refractivity contribution in [3.8, 4) is 6.07 Å². The molecule has 5 nitrogen and oxygen atoms in total. The van der Waals surface area contributed by atoms with Crippen LogP contribution in [0.3, 0.4) is 0 Å². The second-order valence-electron chi connectivity index (χ2n) is 6.18. The minimum Gasteiger partial charge on any atom is -0.354 e. The van der Waals surface area contributed by atoms with E-state index in [1.54, 1.807) is 0 Å². The number of nitriles is 1. The first-order valence-electron chi connectivity index (χ1n) is 8.53. The smallest absolute Gasteiger partial charge is 0.264 e. The van der Waals surface area contributed by atoms with Gasteiger partial charge in [-0.2, -0.15) is 5.26 Å². The molecule has 0 spiro atoms. The van der Waals surface area contributed by atoms with E-state index in [-0.39, 0.29) is 11.5 Å². The SMILES string of the molecule is CNC(=O)/C(C#N)=C1\S[C@H](Cc2ccccc2)C(=O)N1c1ccc(C)cc1. The highest BCUT2D eigenvalue weighted by Crippen LogP contribution is 2.41. The van der Waals surface area contributed by atoms with Gasteiger partial charge in [0.1, 0.15) is 16.7 Å². The van der Waals surface area contributed by atoms with Gasteiger partial charge in [-0.25, -0.2) is 0 Å². The molecule has 27 heavy (non-hydrogen) atoms. The molecule has 3 rings (SSSR count). The standard InChI is InChI=1S/C21H19N3O2S/c1-14-8-10-16(11-9-14)24-20(26)18(12-15-6-4-3-5-7-15)27-21(24)17(13-22)19(25)23-2/h3-11,18H,12H2,1-2H3,(H,23,25)/b21-17-/t18-/m1/s1. The summed E-state index contributed by atoms with van der Waals surface area (Å²) in [4.78, 5) is 26.8. The van der Waals surface area contributed by atoms with E-state index in [4.69, 9.17) is 0 Å². The van der Waals surface area contributed by atoms with Crippen molar-refractivity contribution in [2.24, 2.45) is 0 Å². The summed E-state index contributed by atoms with van der Waals surface area (Å²) in [5.74, 6) is -0.621. The molecule has 0 unspecified atom stereocenters. The minimum absolute atomic E-state index is 0.0491. The van der Waals surface area contributed by atoms with E-state index in [2.05, 4.69) is 5.32 Å². The normalized spacial score (nSPS) is 18.2. The molecular formula is C21H19N3O2S. The molecule has 6 heteroatoms. The summed E-state index contributed by atoms with van der Waals surface area (Å²) in [6.45, 7) is 1.96. The molecule has 1 atom stereocenters. The number of nitrogens with zero attached hydrogens (tertiary/aromatic N) is 2. The Labute approximate surface area is 162 Å². The van der Waals surface area contributed by atoms with E-state index in [9.17, 15) is 14.9 Å². The maximum atomic E-state index is 13.2. The van der Waals surface area contributed by atoms with Crippen LogP contribution >= 0.6 is 11.8 Å². The molecule has 1 aliphatic heterocycles. The highest BCUT2D eigenvalue weighted by molar-refractivity contribution is 8.05. The van der Waals surface area contributed by atoms with Crippen LogP contribution in [0.15, 0.2) is 65.2 Å². The van der Waals surface area contributed by atoms with Gasteiger partial charge in [0.15, 0.2) is 0 Å². The number of benzene rings is 2. The minimum atomic E-state index is -0.495. The summed E-state index contributed by atoms with van der Waals surface area (Å²) in [5, 5.41) is 12.0. The van der Waals surface area contributed by atoms with Crippen molar-refractivity contribution < 1.29 is 9.59 Å². The summed E-state index contributed by atoms with van der Waals surface area (Å²) in [7, 11) is 1.47. The van der Waals surface area contributed by atoms with Crippen LogP contribution in [0.2, 0.25) is 0 Å². The molecule has 2 aromatic rings. The number of aryl methyl sites for hydroxylation is 1. The average Bonchev–Trinajstić information content (AvgIpc) is 3.00. The first kappa shape index (κ1) is 18.7. The largest absolute Gasteiger partial charge is 0.354 e. The molecule has 0 saturated carbocycles. The van der Waals surface area contributed by atoms with Gasteiger partial charge in [0, 0.05) is 12.7 Å². The van der Waals surface area contributed by atoms with E-state index in [0.29, 0.717) is 17.1 Å². The first-order valence-corrected chi connectivity index (χ1v) is 9.40. The number of anilines is 1. The number of likely N-dealkylation sites (N-methyl/N-ethyl adjacent to an activating group) is 1. The summed E-state index contributed by atoms with van der Waals surface area (Å²) >= 11 is 1.27. The van der Waals surface area contributed by atoms with Gasteiger partial charge in [0.25, 0.3) is 5.91 Å². The second-order valence-corrected chi connectivity index (χ2v) is 7.37. The van der Waals surface area contributed by atoms with Crippen LogP contribution in [0, 0.1) is 18.3 Å². The molecule has 1 saturated heterocycles. The molecule has 136 valence electrons. The number of hydrogen-bond donors (Lipinski definition) is 1. The molecular weight excluding hydrogens is 358 g/mol. The molecule has 1 aliphatic rings. The Morgan fingerprint density at radius 1 is 1.19 bits per heavy atom. The number of rotatable bonds is 4. The topological polar surface area (TPSA) is 73.2 Å². The Morgan fingerprint density at radius 2 is 1.85 bits per heavy atom. The molecule has 1 heterocycles. The lowest BCUT2D eigenvalue weighted by atomic mass is 10.1. The number of thioether (sulfide) groups is 1. The van der Waals surface area contributed by atoms with Gasteiger partial charge >= 0.3 is 0 Å². The molecule has 2 amide bonds. The number of carbonyl (C=O) groups is 2. The lowest BCUT2D eigenvalue weighted by molar-refractivity contribution is -0.117. The second kappa shape index (κ2) is 8.11. The fourth-order valence-electron chi connectivity index (χ4n) is 2.87. The fourth-order valence-corrected chi connectivity index (χ4v) is 4.18. The van der Waals surface area contributed by atoms with Crippen molar-refractivity contribution in [2.75, 3.05) is 11.9 Å². The Bertz CT molecular complexity index is 930. The third-order valence-corrected chi connectivity index (χ3v) is 5.55. The van der Waals surface area contributed by atoms with Gasteiger partial charge in [-0.1, -0.05) is 59.8 Å². The van der Waals surface area contributed by atoms with Crippen molar-refractivity contribution in [3.63, 3.8) is 0 Å². The first-order chi connectivity index (χ1) is 13.0. The van der Waals surface area contributed by atoms with Crippen molar-refractivity contribution in [3.05, 3.63) is 76.3 Å². The molecule has 0 radical (unpaired) electrons. The van der Waals surface area contributed by atoms with Crippen LogP contribution in [-0.4, -0.2) is 24.1 Å². The number of nitrogens with one attached hydrogen (secondary N) is 1. The Balaban J connectivity index is 2.04. The van der Waals surface area contributed by atoms with Crippen LogP contribution in [0.4, 0.5) is 5.69 Å². The molecule has 0 aliphatic carbocycles. The number of hydrogen-bond acceptors (Lipinski definition) is 4. The highest BCUT2D eigenvalue weighted by atomic mass is 32.2. The van der Waals surface area contributed by atoms with Crippen LogP contribution in [0.5, 0.6) is 0 Å². The maximum absolute atomic E-state index is 13.2. The zero-order valence-electron chi connectivity index (χ0n) is 15.1. The highest BCUT2D eigenvalue weighted by Gasteiger charge is 2.40. The summed E-state index contributed by atoms with van der Waals surface area (Å²) < 4.78 is 0. The average molecular weight is 377 g/mol. The van der Waals surface area contributed by atoms with E-state index < -0.39 is 11.2 Å². The van der Waals surface area contributed by atoms with Crippen molar-refractivity contribution in [2.45, 2.75) is 18.6 Å². The third kappa shape index (κ3) is 3.88. The number of carbonyl (C=O) groups excluding carboxylic acids is 2. The van der Waals surface area contributed by atoms with Crippen LogP contribution in [0.25, 0.3) is 0 Å². The fraction of sp³-hybridized carbons (Fsp3) is 0.190. The van der Waals surface area contributed by atoms with Gasteiger partial charge in [-0.05, 0) is 31.0 Å². The zero-order valence-corrected chi connectivity index (χ0v) is 15.9. The van der Waals surface area contributed by atoms with E-state index >= 15 is 0 Å². The van der Waals surface area contributed by atoms with Gasteiger partial charge in [0.2, 0.25) is 5.91 Å². The quantitative estimate of drug-likeness (QED) is 0.656. The lowest BCUT2D eigenvalue weighted by Gasteiger charge is -2.18. The maximum Gasteiger partial charge on any atom is 0.264 e. The van der Waals surface area contributed by atoms with Crippen LogP contribution < -0.4 is 10.2 Å². The van der Waals surface area contributed by atoms with Crippen LogP contribution in [0.1, 0.15) is 11.1 Å². The van der Waals surface area contributed by atoms with Gasteiger partial charge in [0.05, 0.1) is 5.25 Å². The lowest BCUT2D eigenvalue weighted by Crippen LogP contribution is -2.31. The molecule has 2 aromatic carbocycles. The summed E-state index contributed by atoms with van der Waals surface area (Å²) in [6.07, 6.45) is 0.530.